The third-order valence-corrected chi connectivity index (χ3v) is 5.63. The lowest BCUT2D eigenvalue weighted by Crippen LogP contribution is -2.37. The number of imidazole rings is 1. The molecule has 0 aliphatic rings. The van der Waals surface area contributed by atoms with E-state index >= 15 is 0 Å². The Morgan fingerprint density at radius 1 is 0.971 bits per heavy atom. The van der Waals surface area contributed by atoms with Gasteiger partial charge in [-0.15, -0.1) is 0 Å². The number of carbonyl (C=O) groups is 1. The number of benzene rings is 2. The van der Waals surface area contributed by atoms with Crippen molar-refractivity contribution in [3.8, 4) is 17.5 Å². The van der Waals surface area contributed by atoms with Gasteiger partial charge in [0, 0.05) is 31.7 Å². The van der Waals surface area contributed by atoms with Gasteiger partial charge in [-0.3, -0.25) is 23.3 Å². The molecule has 0 atom stereocenters. The predicted octanol–water partition coefficient (Wildman–Crippen LogP) is 3.32. The summed E-state index contributed by atoms with van der Waals surface area (Å²) < 4.78 is 15.2. The topological polar surface area (TPSA) is 97.4 Å². The van der Waals surface area contributed by atoms with Crippen molar-refractivity contribution in [3.05, 3.63) is 85.5 Å². The van der Waals surface area contributed by atoms with E-state index in [1.807, 2.05) is 0 Å². The first-order chi connectivity index (χ1) is 16.2. The first kappa shape index (κ1) is 23.1. The number of halogens is 1. The average Bonchev–Trinajstić information content (AvgIpc) is 3.16. The van der Waals surface area contributed by atoms with Crippen molar-refractivity contribution in [1.82, 2.24) is 18.7 Å². The molecule has 0 N–H and O–H groups in total. The minimum absolute atomic E-state index is 0.118. The molecule has 2 aromatic carbocycles. The number of allylic oxidation sites excluding steroid dienone is 1. The van der Waals surface area contributed by atoms with Gasteiger partial charge in [0.15, 0.2) is 28.4 Å². The van der Waals surface area contributed by atoms with Crippen LogP contribution in [0.25, 0.3) is 17.2 Å². The van der Waals surface area contributed by atoms with E-state index in [1.54, 1.807) is 55.6 Å². The molecule has 174 valence electrons. The molecule has 9 nitrogen and oxygen atoms in total. The second kappa shape index (κ2) is 9.03. The summed E-state index contributed by atoms with van der Waals surface area (Å²) in [7, 11) is 6.06. The highest BCUT2D eigenvalue weighted by Gasteiger charge is 2.19. The second-order valence-corrected chi connectivity index (χ2v) is 7.98. The number of nitrogens with zero attached hydrogens (tertiary/aromatic N) is 4. The van der Waals surface area contributed by atoms with E-state index in [9.17, 15) is 14.4 Å². The van der Waals surface area contributed by atoms with Gasteiger partial charge in [0.25, 0.3) is 5.56 Å². The fourth-order valence-electron chi connectivity index (χ4n) is 3.44. The Balaban J connectivity index is 1.64. The molecule has 10 heteroatoms. The van der Waals surface area contributed by atoms with Crippen molar-refractivity contribution >= 4 is 34.6 Å². The SMILES string of the molecule is COc1cc(/C=C/C(=O)c2ccc(Cl)cc2)ccc1Oc1nc2c(c(=O)n(C)c(=O)n2C)n1C. The summed E-state index contributed by atoms with van der Waals surface area (Å²) in [5.74, 6) is 0.585. The van der Waals surface area contributed by atoms with Crippen LogP contribution in [0.3, 0.4) is 0 Å². The van der Waals surface area contributed by atoms with Gasteiger partial charge in [-0.2, -0.15) is 4.98 Å². The van der Waals surface area contributed by atoms with E-state index in [4.69, 9.17) is 21.1 Å². The molecule has 2 aromatic heterocycles. The molecular weight excluding hydrogens is 460 g/mol. The molecular formula is C24H21ClN4O5. The van der Waals surface area contributed by atoms with E-state index in [0.29, 0.717) is 27.6 Å². The number of ketones is 1. The number of hydrogen-bond acceptors (Lipinski definition) is 6. The Morgan fingerprint density at radius 3 is 2.35 bits per heavy atom. The first-order valence-electron chi connectivity index (χ1n) is 10.2. The summed E-state index contributed by atoms with van der Waals surface area (Å²) in [5, 5.41) is 0.559. The van der Waals surface area contributed by atoms with E-state index in [1.165, 1.54) is 36.4 Å². The first-order valence-corrected chi connectivity index (χ1v) is 10.6. The van der Waals surface area contributed by atoms with Crippen LogP contribution in [0, 0.1) is 0 Å². The Kier molecular flexibility index (Phi) is 6.12. The summed E-state index contributed by atoms with van der Waals surface area (Å²) in [4.78, 5) is 41.5. The molecule has 4 rings (SSSR count). The van der Waals surface area contributed by atoms with E-state index in [2.05, 4.69) is 4.98 Å². The third kappa shape index (κ3) is 4.13. The fourth-order valence-corrected chi connectivity index (χ4v) is 3.57. The molecule has 0 amide bonds. The average molecular weight is 481 g/mol. The Bertz CT molecular complexity index is 1560. The van der Waals surface area contributed by atoms with Crippen LogP contribution >= 0.6 is 11.6 Å². The zero-order valence-corrected chi connectivity index (χ0v) is 19.7. The zero-order valence-electron chi connectivity index (χ0n) is 18.9. The third-order valence-electron chi connectivity index (χ3n) is 5.38. The lowest BCUT2D eigenvalue weighted by Gasteiger charge is -2.10. The standard InChI is InChI=1S/C24H21ClN4O5/c1-27-20-21(28(2)24(32)29(3)22(20)31)26-23(27)34-18-12-6-14(13-19(18)33-4)5-11-17(30)15-7-9-16(25)10-8-15/h5-13H,1-4H3/b11-5+. The molecule has 0 fully saturated rings. The largest absolute Gasteiger partial charge is 0.493 e. The number of ether oxygens (including phenoxy) is 2. The van der Waals surface area contributed by atoms with Crippen LogP contribution < -0.4 is 20.7 Å². The van der Waals surface area contributed by atoms with Gasteiger partial charge in [-0.25, -0.2) is 4.79 Å². The number of hydrogen-bond donors (Lipinski definition) is 0. The smallest absolute Gasteiger partial charge is 0.332 e. The molecule has 0 radical (unpaired) electrons. The molecule has 0 unspecified atom stereocenters. The van der Waals surface area contributed by atoms with Gasteiger partial charge in [-0.05, 0) is 48.0 Å². The van der Waals surface area contributed by atoms with E-state index in [-0.39, 0.29) is 23.0 Å². The molecule has 4 aromatic rings. The van der Waals surface area contributed by atoms with Crippen molar-refractivity contribution in [1.29, 1.82) is 0 Å². The molecule has 0 saturated carbocycles. The van der Waals surface area contributed by atoms with E-state index in [0.717, 1.165) is 4.57 Å². The lowest BCUT2D eigenvalue weighted by molar-refractivity contribution is 0.104. The maximum absolute atomic E-state index is 12.6. The van der Waals surface area contributed by atoms with E-state index < -0.39 is 11.2 Å². The number of methoxy groups -OCH3 is 1. The van der Waals surface area contributed by atoms with Crippen LogP contribution in [0.5, 0.6) is 17.5 Å². The summed E-state index contributed by atoms with van der Waals surface area (Å²) in [5.41, 5.74) is 0.733. The minimum atomic E-state index is -0.482. The van der Waals surface area contributed by atoms with Crippen LogP contribution in [0.2, 0.25) is 5.02 Å². The van der Waals surface area contributed by atoms with Crippen molar-refractivity contribution in [2.75, 3.05) is 7.11 Å². The molecule has 0 spiro atoms. The van der Waals surface area contributed by atoms with Crippen molar-refractivity contribution in [2.45, 2.75) is 0 Å². The quantitative estimate of drug-likeness (QED) is 0.310. The van der Waals surface area contributed by atoms with Crippen LogP contribution in [-0.2, 0) is 21.1 Å². The Labute approximate surface area is 199 Å². The summed E-state index contributed by atoms with van der Waals surface area (Å²) in [6.45, 7) is 0. The van der Waals surface area contributed by atoms with Crippen molar-refractivity contribution in [2.24, 2.45) is 21.1 Å². The maximum Gasteiger partial charge on any atom is 0.332 e. The van der Waals surface area contributed by atoms with Gasteiger partial charge >= 0.3 is 11.7 Å². The maximum atomic E-state index is 12.6. The lowest BCUT2D eigenvalue weighted by atomic mass is 10.1. The molecule has 34 heavy (non-hydrogen) atoms. The Hall–Kier alpha value is -4.11. The Morgan fingerprint density at radius 2 is 1.68 bits per heavy atom. The number of carbonyl (C=O) groups excluding carboxylic acids is 1. The minimum Gasteiger partial charge on any atom is -0.493 e. The number of aryl methyl sites for hydroxylation is 2. The molecule has 0 aliphatic heterocycles. The van der Waals surface area contributed by atoms with Gasteiger partial charge in [0.1, 0.15) is 0 Å². The van der Waals surface area contributed by atoms with Crippen LogP contribution in [0.15, 0.2) is 58.1 Å². The normalized spacial score (nSPS) is 11.3. The highest BCUT2D eigenvalue weighted by atomic mass is 35.5. The zero-order chi connectivity index (χ0) is 24.6. The molecule has 2 heterocycles. The predicted molar refractivity (Wildman–Crippen MR) is 129 cm³/mol. The summed E-state index contributed by atoms with van der Waals surface area (Å²) in [6.07, 6.45) is 3.12. The molecule has 0 bridgehead atoms. The van der Waals surface area contributed by atoms with Crippen LogP contribution in [0.1, 0.15) is 15.9 Å². The summed E-state index contributed by atoms with van der Waals surface area (Å²) in [6, 6.07) is 11.9. The highest BCUT2D eigenvalue weighted by molar-refractivity contribution is 6.30. The molecule has 0 saturated heterocycles. The number of aromatic nitrogens is 4. The summed E-state index contributed by atoms with van der Waals surface area (Å²) >= 11 is 5.86. The van der Waals surface area contributed by atoms with Crippen LogP contribution in [0.4, 0.5) is 0 Å². The second-order valence-electron chi connectivity index (χ2n) is 7.55. The van der Waals surface area contributed by atoms with Crippen molar-refractivity contribution in [3.63, 3.8) is 0 Å². The number of fused-ring (bicyclic) bond motifs is 1. The van der Waals surface area contributed by atoms with Gasteiger partial charge in [0.2, 0.25) is 0 Å². The van der Waals surface area contributed by atoms with Gasteiger partial charge < -0.3 is 9.47 Å². The van der Waals surface area contributed by atoms with Crippen molar-refractivity contribution < 1.29 is 14.3 Å². The highest BCUT2D eigenvalue weighted by Crippen LogP contribution is 2.33. The van der Waals surface area contributed by atoms with Gasteiger partial charge in [0.05, 0.1) is 7.11 Å². The monoisotopic (exact) mass is 480 g/mol. The molecule has 0 aliphatic carbocycles. The fraction of sp³-hybridized carbons (Fsp3) is 0.167. The van der Waals surface area contributed by atoms with Gasteiger partial charge in [-0.1, -0.05) is 23.7 Å². The number of rotatable bonds is 6. The van der Waals surface area contributed by atoms with Crippen LogP contribution in [-0.4, -0.2) is 31.6 Å².